The molecule has 0 fully saturated rings. The Morgan fingerprint density at radius 1 is 1.05 bits per heavy atom. The number of aliphatic hydroxyl groups is 1. The Kier molecular flexibility index (Phi) is 3.48. The van der Waals surface area contributed by atoms with E-state index in [0.717, 1.165) is 33.0 Å². The topological polar surface area (TPSA) is 20.2 Å². The second-order valence-corrected chi connectivity index (χ2v) is 5.23. The van der Waals surface area contributed by atoms with Gasteiger partial charge in [0.1, 0.15) is 5.82 Å². The van der Waals surface area contributed by atoms with Crippen LogP contribution < -0.4 is 0 Å². The maximum atomic E-state index is 13.2. The summed E-state index contributed by atoms with van der Waals surface area (Å²) in [5.74, 6) is -0.271. The van der Waals surface area contributed by atoms with Crippen LogP contribution in [0.4, 0.5) is 4.39 Å². The molecule has 0 spiro atoms. The van der Waals surface area contributed by atoms with Gasteiger partial charge in [-0.05, 0) is 59.0 Å². The molecule has 2 heteroatoms. The molecular weight excluding hydrogens is 263 g/mol. The van der Waals surface area contributed by atoms with Crippen molar-refractivity contribution < 1.29 is 9.50 Å². The molecule has 3 aromatic carbocycles. The third-order valence-electron chi connectivity index (χ3n) is 3.76. The smallest absolute Gasteiger partial charge is 0.123 e. The lowest BCUT2D eigenvalue weighted by molar-refractivity contribution is 0.226. The standard InChI is InChI=1S/C19H16FO/c1-12-11-15-5-3-4-6-17(15)19(18(12)13(2)21)14-7-9-16(20)10-8-14/h3-11,13,21H,2H2,1H3. The van der Waals surface area contributed by atoms with Crippen LogP contribution in [-0.2, 0) is 0 Å². The first-order chi connectivity index (χ1) is 10.1. The van der Waals surface area contributed by atoms with Crippen molar-refractivity contribution in [2.24, 2.45) is 0 Å². The van der Waals surface area contributed by atoms with Gasteiger partial charge in [-0.2, -0.15) is 0 Å². The van der Waals surface area contributed by atoms with Gasteiger partial charge in [-0.15, -0.1) is 0 Å². The van der Waals surface area contributed by atoms with Crippen LogP contribution in [0.25, 0.3) is 21.9 Å². The molecule has 0 aliphatic heterocycles. The van der Waals surface area contributed by atoms with Gasteiger partial charge in [0.05, 0.1) is 6.10 Å². The zero-order chi connectivity index (χ0) is 15.0. The van der Waals surface area contributed by atoms with E-state index in [1.54, 1.807) is 12.1 Å². The lowest BCUT2D eigenvalue weighted by Gasteiger charge is -2.18. The lowest BCUT2D eigenvalue weighted by Crippen LogP contribution is -2.00. The van der Waals surface area contributed by atoms with Crippen LogP contribution in [0.3, 0.4) is 0 Å². The summed E-state index contributed by atoms with van der Waals surface area (Å²) < 4.78 is 13.2. The van der Waals surface area contributed by atoms with Crippen LogP contribution in [-0.4, -0.2) is 5.11 Å². The molecule has 0 aliphatic rings. The number of fused-ring (bicyclic) bond motifs is 1. The van der Waals surface area contributed by atoms with Crippen molar-refractivity contribution in [3.05, 3.63) is 78.5 Å². The van der Waals surface area contributed by atoms with Gasteiger partial charge in [-0.1, -0.05) is 42.5 Å². The molecule has 1 nitrogen and oxygen atoms in total. The van der Waals surface area contributed by atoms with Crippen molar-refractivity contribution in [1.29, 1.82) is 0 Å². The van der Waals surface area contributed by atoms with Gasteiger partial charge < -0.3 is 5.11 Å². The first-order valence-electron chi connectivity index (χ1n) is 6.87. The largest absolute Gasteiger partial charge is 0.388 e. The van der Waals surface area contributed by atoms with E-state index in [2.05, 4.69) is 6.92 Å². The highest BCUT2D eigenvalue weighted by atomic mass is 19.1. The van der Waals surface area contributed by atoms with Crippen LogP contribution in [0, 0.1) is 19.7 Å². The molecule has 0 aliphatic carbocycles. The van der Waals surface area contributed by atoms with E-state index < -0.39 is 6.10 Å². The Hall–Kier alpha value is -2.19. The number of aliphatic hydroxyl groups excluding tert-OH is 1. The fourth-order valence-electron chi connectivity index (χ4n) is 2.86. The quantitative estimate of drug-likeness (QED) is 0.713. The summed E-state index contributed by atoms with van der Waals surface area (Å²) in [5.41, 5.74) is 3.58. The zero-order valence-electron chi connectivity index (χ0n) is 11.8. The molecule has 1 N–H and O–H groups in total. The van der Waals surface area contributed by atoms with Gasteiger partial charge in [-0.25, -0.2) is 4.39 Å². The highest BCUT2D eigenvalue weighted by Crippen LogP contribution is 2.37. The highest BCUT2D eigenvalue weighted by Gasteiger charge is 2.16. The molecule has 21 heavy (non-hydrogen) atoms. The maximum Gasteiger partial charge on any atom is 0.123 e. The summed E-state index contributed by atoms with van der Waals surface area (Å²) in [6, 6.07) is 16.4. The van der Waals surface area contributed by atoms with Crippen molar-refractivity contribution in [2.45, 2.75) is 13.0 Å². The van der Waals surface area contributed by atoms with Crippen LogP contribution in [0.15, 0.2) is 54.6 Å². The Balaban J connectivity index is 2.41. The summed E-state index contributed by atoms with van der Waals surface area (Å²) in [5, 5.41) is 12.2. The normalized spacial score (nSPS) is 12.6. The van der Waals surface area contributed by atoms with Crippen LogP contribution >= 0.6 is 0 Å². The number of rotatable bonds is 2. The van der Waals surface area contributed by atoms with E-state index >= 15 is 0 Å². The second kappa shape index (κ2) is 5.30. The summed E-state index contributed by atoms with van der Waals surface area (Å²) in [4.78, 5) is 0. The molecule has 1 radical (unpaired) electrons. The SMILES string of the molecule is [CH2]C(O)c1c(C)cc2ccccc2c1-c1ccc(F)cc1. The Morgan fingerprint density at radius 3 is 2.38 bits per heavy atom. The molecule has 0 aromatic heterocycles. The van der Waals surface area contributed by atoms with E-state index in [1.807, 2.05) is 37.3 Å². The number of benzene rings is 3. The molecule has 0 amide bonds. The first kappa shape index (κ1) is 13.8. The van der Waals surface area contributed by atoms with E-state index in [1.165, 1.54) is 12.1 Å². The van der Waals surface area contributed by atoms with E-state index in [0.29, 0.717) is 0 Å². The van der Waals surface area contributed by atoms with Gasteiger partial charge in [0.2, 0.25) is 0 Å². The molecule has 0 bridgehead atoms. The average Bonchev–Trinajstić information content (AvgIpc) is 2.46. The zero-order valence-corrected chi connectivity index (χ0v) is 11.8. The molecule has 105 valence electrons. The fraction of sp³-hybridized carbons (Fsp3) is 0.105. The Morgan fingerprint density at radius 2 is 1.71 bits per heavy atom. The summed E-state index contributed by atoms with van der Waals surface area (Å²) >= 11 is 0. The van der Waals surface area contributed by atoms with Crippen molar-refractivity contribution in [2.75, 3.05) is 0 Å². The van der Waals surface area contributed by atoms with Gasteiger partial charge in [0.15, 0.2) is 0 Å². The van der Waals surface area contributed by atoms with E-state index in [4.69, 9.17) is 0 Å². The fourth-order valence-corrected chi connectivity index (χ4v) is 2.86. The van der Waals surface area contributed by atoms with Gasteiger partial charge in [0, 0.05) is 0 Å². The van der Waals surface area contributed by atoms with Crippen LogP contribution in [0.1, 0.15) is 17.2 Å². The Bertz CT molecular complexity index is 789. The summed E-state index contributed by atoms with van der Waals surface area (Å²) in [7, 11) is 0. The summed E-state index contributed by atoms with van der Waals surface area (Å²) in [6.45, 7) is 5.72. The molecule has 1 atom stereocenters. The van der Waals surface area contributed by atoms with Crippen molar-refractivity contribution in [3.8, 4) is 11.1 Å². The molecule has 3 aromatic rings. The van der Waals surface area contributed by atoms with Gasteiger partial charge >= 0.3 is 0 Å². The molecule has 3 rings (SSSR count). The second-order valence-electron chi connectivity index (χ2n) is 5.23. The summed E-state index contributed by atoms with van der Waals surface area (Å²) in [6.07, 6.45) is -0.824. The van der Waals surface area contributed by atoms with Crippen molar-refractivity contribution in [1.82, 2.24) is 0 Å². The third-order valence-corrected chi connectivity index (χ3v) is 3.76. The molecule has 0 saturated heterocycles. The number of hydrogen-bond donors (Lipinski definition) is 1. The first-order valence-corrected chi connectivity index (χ1v) is 6.87. The minimum absolute atomic E-state index is 0.271. The minimum Gasteiger partial charge on any atom is -0.388 e. The predicted octanol–water partition coefficient (Wildman–Crippen LogP) is 4.82. The Labute approximate surface area is 123 Å². The number of aryl methyl sites for hydroxylation is 1. The molecule has 0 saturated carbocycles. The average molecular weight is 279 g/mol. The highest BCUT2D eigenvalue weighted by molar-refractivity contribution is 5.99. The van der Waals surface area contributed by atoms with Gasteiger partial charge in [0.25, 0.3) is 0 Å². The maximum absolute atomic E-state index is 13.2. The lowest BCUT2D eigenvalue weighted by atomic mass is 9.88. The van der Waals surface area contributed by atoms with Crippen molar-refractivity contribution in [3.63, 3.8) is 0 Å². The van der Waals surface area contributed by atoms with Crippen molar-refractivity contribution >= 4 is 10.8 Å². The van der Waals surface area contributed by atoms with Crippen LogP contribution in [0.2, 0.25) is 0 Å². The molecular formula is C19H16FO. The third kappa shape index (κ3) is 2.43. The minimum atomic E-state index is -0.824. The number of halogens is 1. The van der Waals surface area contributed by atoms with Crippen LogP contribution in [0.5, 0.6) is 0 Å². The van der Waals surface area contributed by atoms with E-state index in [9.17, 15) is 9.50 Å². The number of hydrogen-bond acceptors (Lipinski definition) is 1. The predicted molar refractivity (Wildman–Crippen MR) is 84.4 cm³/mol. The van der Waals surface area contributed by atoms with E-state index in [-0.39, 0.29) is 5.82 Å². The molecule has 1 unspecified atom stereocenters. The van der Waals surface area contributed by atoms with Gasteiger partial charge in [-0.3, -0.25) is 0 Å². The monoisotopic (exact) mass is 279 g/mol. The molecule has 0 heterocycles.